The van der Waals surface area contributed by atoms with E-state index < -0.39 is 12.1 Å². The molecule has 178 valence electrons. The number of hydrogen-bond donors (Lipinski definition) is 1. The normalized spacial score (nSPS) is 23.1. The highest BCUT2D eigenvalue weighted by atomic mass is 19.4. The van der Waals surface area contributed by atoms with Crippen molar-refractivity contribution in [2.24, 2.45) is 5.92 Å². The number of carboxylic acid groups (broad SMARTS) is 1. The molecule has 1 N–H and O–H groups in total. The summed E-state index contributed by atoms with van der Waals surface area (Å²) in [7, 11) is 0. The molecule has 8 nitrogen and oxygen atoms in total. The summed E-state index contributed by atoms with van der Waals surface area (Å²) in [5.74, 6) is -2.08. The van der Waals surface area contributed by atoms with Crippen molar-refractivity contribution in [1.29, 1.82) is 0 Å². The molecule has 1 atom stereocenters. The molecule has 1 aromatic heterocycles. The van der Waals surface area contributed by atoms with E-state index in [9.17, 15) is 18.0 Å². The quantitative estimate of drug-likeness (QED) is 0.737. The molecule has 1 unspecified atom stereocenters. The Morgan fingerprint density at radius 2 is 1.78 bits per heavy atom. The van der Waals surface area contributed by atoms with Crippen LogP contribution in [0.25, 0.3) is 0 Å². The molecule has 0 aromatic carbocycles. The second-order valence-electron chi connectivity index (χ2n) is 8.24. The molecule has 0 radical (unpaired) electrons. The van der Waals surface area contributed by atoms with E-state index in [0.717, 1.165) is 52.1 Å². The summed E-state index contributed by atoms with van der Waals surface area (Å²) in [6.07, 6.45) is 2.50. The van der Waals surface area contributed by atoms with Crippen LogP contribution in [0.2, 0.25) is 0 Å². The zero-order chi connectivity index (χ0) is 23.2. The van der Waals surface area contributed by atoms with E-state index in [1.165, 1.54) is 0 Å². The van der Waals surface area contributed by atoms with Gasteiger partial charge >= 0.3 is 12.1 Å². The first-order valence-electron chi connectivity index (χ1n) is 10.5. The van der Waals surface area contributed by atoms with Crippen molar-refractivity contribution in [1.82, 2.24) is 9.88 Å². The number of ether oxygens (including phenoxy) is 3. The molecule has 0 saturated carbocycles. The summed E-state index contributed by atoms with van der Waals surface area (Å²) in [6.45, 7) is 4.58. The van der Waals surface area contributed by atoms with Crippen LogP contribution in [-0.2, 0) is 19.0 Å². The maximum Gasteiger partial charge on any atom is 0.490 e. The third-order valence-electron chi connectivity index (χ3n) is 5.77. The number of likely N-dealkylation sites (tertiary alicyclic amines) is 1. The average molecular weight is 460 g/mol. The molecule has 11 heteroatoms. The first-order chi connectivity index (χ1) is 15.2. The van der Waals surface area contributed by atoms with Crippen LogP contribution in [0.15, 0.2) is 24.5 Å². The SMILES string of the molecule is O=C(O)C(F)(F)F.O=C(c1ccncc1)N1CC2(CC(OCC3CCOCC3)CCO2)C1. The molecule has 0 aliphatic carbocycles. The van der Waals surface area contributed by atoms with E-state index in [2.05, 4.69) is 4.98 Å². The Morgan fingerprint density at radius 1 is 1.16 bits per heavy atom. The van der Waals surface area contributed by atoms with Crippen LogP contribution in [0.1, 0.15) is 36.0 Å². The third-order valence-corrected chi connectivity index (χ3v) is 5.77. The van der Waals surface area contributed by atoms with Gasteiger partial charge in [0.1, 0.15) is 5.60 Å². The van der Waals surface area contributed by atoms with Gasteiger partial charge in [-0.05, 0) is 37.3 Å². The van der Waals surface area contributed by atoms with Gasteiger partial charge in [0.2, 0.25) is 0 Å². The lowest BCUT2D eigenvalue weighted by Gasteiger charge is -2.53. The smallest absolute Gasteiger partial charge is 0.475 e. The number of rotatable bonds is 4. The lowest BCUT2D eigenvalue weighted by molar-refractivity contribution is -0.192. The van der Waals surface area contributed by atoms with Crippen molar-refractivity contribution in [3.05, 3.63) is 30.1 Å². The number of aliphatic carboxylic acids is 1. The number of pyridine rings is 1. The van der Waals surface area contributed by atoms with E-state index in [1.807, 2.05) is 4.90 Å². The van der Waals surface area contributed by atoms with E-state index in [4.69, 9.17) is 24.1 Å². The predicted octanol–water partition coefficient (Wildman–Crippen LogP) is 2.53. The summed E-state index contributed by atoms with van der Waals surface area (Å²) < 4.78 is 49.4. The number of amides is 1. The molecule has 3 saturated heterocycles. The van der Waals surface area contributed by atoms with Gasteiger partial charge in [0.05, 0.1) is 19.2 Å². The molecule has 1 aromatic rings. The lowest BCUT2D eigenvalue weighted by Crippen LogP contribution is -2.67. The van der Waals surface area contributed by atoms with Gasteiger partial charge in [0, 0.05) is 50.8 Å². The first kappa shape index (κ1) is 24.4. The largest absolute Gasteiger partial charge is 0.490 e. The number of nitrogens with zero attached hydrogens (tertiary/aromatic N) is 2. The van der Waals surface area contributed by atoms with E-state index in [0.29, 0.717) is 24.6 Å². The van der Waals surface area contributed by atoms with Gasteiger partial charge in [-0.15, -0.1) is 0 Å². The highest BCUT2D eigenvalue weighted by Crippen LogP contribution is 2.36. The molecule has 0 bridgehead atoms. The zero-order valence-corrected chi connectivity index (χ0v) is 17.6. The number of halogens is 3. The molecule has 1 amide bonds. The summed E-state index contributed by atoms with van der Waals surface area (Å²) in [5.41, 5.74) is 0.481. The Balaban J connectivity index is 0.000000360. The van der Waals surface area contributed by atoms with Gasteiger partial charge < -0.3 is 24.2 Å². The molecule has 4 rings (SSSR count). The summed E-state index contributed by atoms with van der Waals surface area (Å²) in [6, 6.07) is 3.52. The van der Waals surface area contributed by atoms with Crippen LogP contribution in [0.3, 0.4) is 0 Å². The Kier molecular flexibility index (Phi) is 8.07. The van der Waals surface area contributed by atoms with Gasteiger partial charge in [0.15, 0.2) is 0 Å². The fraction of sp³-hybridized carbons (Fsp3) is 0.667. The lowest BCUT2D eigenvalue weighted by atomic mass is 9.84. The topological polar surface area (TPSA) is 98.2 Å². The molecule has 32 heavy (non-hydrogen) atoms. The minimum absolute atomic E-state index is 0.0573. The zero-order valence-electron chi connectivity index (χ0n) is 17.6. The molecule has 3 aliphatic rings. The number of aromatic nitrogens is 1. The Morgan fingerprint density at radius 3 is 2.38 bits per heavy atom. The van der Waals surface area contributed by atoms with Crippen molar-refractivity contribution in [2.45, 2.75) is 43.6 Å². The van der Waals surface area contributed by atoms with E-state index in [1.54, 1.807) is 24.5 Å². The first-order valence-corrected chi connectivity index (χ1v) is 10.5. The Hall–Kier alpha value is -2.24. The second-order valence-corrected chi connectivity index (χ2v) is 8.24. The van der Waals surface area contributed by atoms with Crippen molar-refractivity contribution < 1.29 is 42.1 Å². The average Bonchev–Trinajstić information content (AvgIpc) is 2.77. The van der Waals surface area contributed by atoms with Crippen LogP contribution in [0, 0.1) is 5.92 Å². The number of hydrogen-bond acceptors (Lipinski definition) is 6. The minimum Gasteiger partial charge on any atom is -0.475 e. The molecule has 4 heterocycles. The highest BCUT2D eigenvalue weighted by Gasteiger charge is 2.49. The van der Waals surface area contributed by atoms with Crippen LogP contribution < -0.4 is 0 Å². The van der Waals surface area contributed by atoms with Crippen molar-refractivity contribution in [2.75, 3.05) is 39.5 Å². The third kappa shape index (κ3) is 6.63. The minimum atomic E-state index is -5.08. The fourth-order valence-electron chi connectivity index (χ4n) is 4.00. The van der Waals surface area contributed by atoms with E-state index >= 15 is 0 Å². The standard InChI is InChI=1S/C19H26N2O4.C2HF3O2/c22-18(16-1-6-20-7-2-16)21-13-19(14-21)11-17(5-10-25-19)24-12-15-3-8-23-9-4-15;3-2(4,5)1(6)7/h1-2,6-7,15,17H,3-5,8-14H2;(H,6,7). The van der Waals surface area contributed by atoms with Gasteiger partial charge in [-0.2, -0.15) is 13.2 Å². The molecule has 3 fully saturated rings. The highest BCUT2D eigenvalue weighted by molar-refractivity contribution is 5.94. The maximum atomic E-state index is 12.5. The van der Waals surface area contributed by atoms with Crippen molar-refractivity contribution in [3.63, 3.8) is 0 Å². The summed E-state index contributed by atoms with van der Waals surface area (Å²) >= 11 is 0. The molecule has 3 aliphatic heterocycles. The monoisotopic (exact) mass is 460 g/mol. The Labute approximate surface area is 183 Å². The van der Waals surface area contributed by atoms with Crippen LogP contribution in [0.5, 0.6) is 0 Å². The van der Waals surface area contributed by atoms with Gasteiger partial charge in [0.25, 0.3) is 5.91 Å². The van der Waals surface area contributed by atoms with Crippen LogP contribution >= 0.6 is 0 Å². The number of carbonyl (C=O) groups excluding carboxylic acids is 1. The van der Waals surface area contributed by atoms with Crippen LogP contribution in [-0.4, -0.2) is 84.3 Å². The summed E-state index contributed by atoms with van der Waals surface area (Å²) in [4.78, 5) is 27.2. The van der Waals surface area contributed by atoms with Gasteiger partial charge in [-0.1, -0.05) is 0 Å². The van der Waals surface area contributed by atoms with Gasteiger partial charge in [-0.25, -0.2) is 4.79 Å². The molecule has 1 spiro atoms. The number of carbonyl (C=O) groups is 2. The Bertz CT molecular complexity index is 765. The fourth-order valence-corrected chi connectivity index (χ4v) is 4.00. The maximum absolute atomic E-state index is 12.5. The van der Waals surface area contributed by atoms with Crippen molar-refractivity contribution >= 4 is 11.9 Å². The predicted molar refractivity (Wildman–Crippen MR) is 105 cm³/mol. The number of carboxylic acids is 1. The number of alkyl halides is 3. The molecular formula is C21H27F3N2O6. The summed E-state index contributed by atoms with van der Waals surface area (Å²) in [5, 5.41) is 7.12. The van der Waals surface area contributed by atoms with Crippen LogP contribution in [0.4, 0.5) is 13.2 Å². The van der Waals surface area contributed by atoms with Gasteiger partial charge in [-0.3, -0.25) is 9.78 Å². The van der Waals surface area contributed by atoms with E-state index in [-0.39, 0.29) is 17.6 Å². The van der Waals surface area contributed by atoms with Crippen molar-refractivity contribution in [3.8, 4) is 0 Å². The molecular weight excluding hydrogens is 433 g/mol. The second kappa shape index (κ2) is 10.6.